The number of pyridine rings is 1. The number of aromatic nitrogens is 3. The van der Waals surface area contributed by atoms with Crippen molar-refractivity contribution < 1.29 is 14.1 Å². The zero-order valence-corrected chi connectivity index (χ0v) is 10.2. The second-order valence-corrected chi connectivity index (χ2v) is 3.77. The van der Waals surface area contributed by atoms with Crippen molar-refractivity contribution in [1.82, 2.24) is 20.4 Å². The van der Waals surface area contributed by atoms with Crippen LogP contribution >= 0.6 is 0 Å². The predicted molar refractivity (Wildman–Crippen MR) is 65.1 cm³/mol. The number of nitrogens with zero attached hydrogens (tertiary/aromatic N) is 3. The van der Waals surface area contributed by atoms with Gasteiger partial charge in [0, 0.05) is 18.0 Å². The summed E-state index contributed by atoms with van der Waals surface area (Å²) in [6.07, 6.45) is 4.11. The molecule has 1 atom stereocenters. The summed E-state index contributed by atoms with van der Waals surface area (Å²) < 4.78 is 4.92. The van der Waals surface area contributed by atoms with Gasteiger partial charge in [-0.15, -0.1) is 0 Å². The third-order valence-electron chi connectivity index (χ3n) is 2.55. The van der Waals surface area contributed by atoms with Crippen LogP contribution < -0.4 is 5.32 Å². The Morgan fingerprint density at radius 1 is 1.58 bits per heavy atom. The van der Waals surface area contributed by atoms with Crippen molar-refractivity contribution in [3.63, 3.8) is 0 Å². The van der Waals surface area contributed by atoms with Gasteiger partial charge in [-0.25, -0.2) is 0 Å². The number of carbonyl (C=O) groups excluding carboxylic acids is 2. The molecule has 0 saturated carbocycles. The Balaban J connectivity index is 2.21. The average Bonchev–Trinajstić information content (AvgIpc) is 2.95. The molecule has 0 aliphatic carbocycles. The summed E-state index contributed by atoms with van der Waals surface area (Å²) in [5, 5.41) is 6.13. The van der Waals surface area contributed by atoms with Crippen molar-refractivity contribution in [2.75, 3.05) is 0 Å². The van der Waals surface area contributed by atoms with Gasteiger partial charge in [0.05, 0.1) is 6.04 Å². The Bertz CT molecular complexity index is 567. The summed E-state index contributed by atoms with van der Waals surface area (Å²) in [5.41, 5.74) is 0.654. The minimum absolute atomic E-state index is 0.125. The van der Waals surface area contributed by atoms with Gasteiger partial charge in [-0.1, -0.05) is 12.1 Å². The van der Waals surface area contributed by atoms with Crippen LogP contribution in [0.2, 0.25) is 0 Å². The molecule has 0 bridgehead atoms. The molecule has 2 rings (SSSR count). The summed E-state index contributed by atoms with van der Waals surface area (Å²) >= 11 is 0. The molecule has 1 amide bonds. The normalized spacial score (nSPS) is 11.8. The lowest BCUT2D eigenvalue weighted by Gasteiger charge is -2.08. The molecule has 0 saturated heterocycles. The number of Topliss-reactive ketones (excluding diaryl/α,β-unsaturated/α-hetero) is 1. The summed E-state index contributed by atoms with van der Waals surface area (Å²) in [7, 11) is 0. The van der Waals surface area contributed by atoms with Crippen LogP contribution in [0, 0.1) is 0 Å². The van der Waals surface area contributed by atoms with Gasteiger partial charge in [0.1, 0.15) is 0 Å². The molecule has 0 aromatic carbocycles. The standard InChI is InChI=1S/C12H12N4O3/c1-2-9(14-7-17)10(18)12-15-11(16-19-12)8-4-3-5-13-6-8/h3-7,9H,2H2,1H3,(H,14,17). The zero-order valence-electron chi connectivity index (χ0n) is 10.2. The Morgan fingerprint density at radius 2 is 2.42 bits per heavy atom. The maximum atomic E-state index is 12.0. The van der Waals surface area contributed by atoms with Crippen LogP contribution in [0.25, 0.3) is 11.4 Å². The summed E-state index contributed by atoms with van der Waals surface area (Å²) in [6, 6.07) is 2.84. The maximum Gasteiger partial charge on any atom is 0.296 e. The first kappa shape index (κ1) is 12.9. The first-order valence-electron chi connectivity index (χ1n) is 5.74. The van der Waals surface area contributed by atoms with Crippen molar-refractivity contribution in [1.29, 1.82) is 0 Å². The summed E-state index contributed by atoms with van der Waals surface area (Å²) in [6.45, 7) is 1.78. The van der Waals surface area contributed by atoms with Gasteiger partial charge in [-0.05, 0) is 18.6 Å². The topological polar surface area (TPSA) is 98.0 Å². The van der Waals surface area contributed by atoms with Gasteiger partial charge in [0.15, 0.2) is 0 Å². The summed E-state index contributed by atoms with van der Waals surface area (Å²) in [4.78, 5) is 30.3. The monoisotopic (exact) mass is 260 g/mol. The highest BCUT2D eigenvalue weighted by Crippen LogP contribution is 2.14. The number of rotatable bonds is 6. The Kier molecular flexibility index (Phi) is 3.97. The van der Waals surface area contributed by atoms with E-state index in [-0.39, 0.29) is 11.7 Å². The van der Waals surface area contributed by atoms with Crippen LogP contribution in [-0.4, -0.2) is 33.4 Å². The molecule has 0 spiro atoms. The van der Waals surface area contributed by atoms with Crippen molar-refractivity contribution in [3.05, 3.63) is 30.4 Å². The molecule has 7 heteroatoms. The molecule has 2 aromatic rings. The molecule has 98 valence electrons. The molecule has 2 aromatic heterocycles. The van der Waals surface area contributed by atoms with Crippen LogP contribution in [0.1, 0.15) is 24.0 Å². The van der Waals surface area contributed by atoms with E-state index in [4.69, 9.17) is 4.52 Å². The Labute approximate surface area is 109 Å². The molecule has 0 aliphatic rings. The predicted octanol–water partition coefficient (Wildman–Crippen LogP) is 0.839. The van der Waals surface area contributed by atoms with E-state index in [9.17, 15) is 9.59 Å². The molecule has 0 radical (unpaired) electrons. The van der Waals surface area contributed by atoms with Gasteiger partial charge in [0.2, 0.25) is 18.0 Å². The van der Waals surface area contributed by atoms with Crippen LogP contribution in [0.15, 0.2) is 29.0 Å². The molecular weight excluding hydrogens is 248 g/mol. The van der Waals surface area contributed by atoms with Crippen LogP contribution in [0.5, 0.6) is 0 Å². The molecule has 1 N–H and O–H groups in total. The van der Waals surface area contributed by atoms with E-state index < -0.39 is 11.8 Å². The highest BCUT2D eigenvalue weighted by atomic mass is 16.5. The summed E-state index contributed by atoms with van der Waals surface area (Å²) in [5.74, 6) is -0.241. The largest absolute Gasteiger partial charge is 0.348 e. The SMILES string of the molecule is CCC(NC=O)C(=O)c1nc(-c2cccnc2)no1. The lowest BCUT2D eigenvalue weighted by atomic mass is 10.1. The minimum atomic E-state index is -0.653. The molecule has 0 aliphatic heterocycles. The second kappa shape index (κ2) is 5.85. The van der Waals surface area contributed by atoms with Gasteiger partial charge < -0.3 is 9.84 Å². The van der Waals surface area contributed by atoms with E-state index in [1.807, 2.05) is 0 Å². The molecule has 2 heterocycles. The minimum Gasteiger partial charge on any atom is -0.348 e. The average molecular weight is 260 g/mol. The smallest absolute Gasteiger partial charge is 0.296 e. The van der Waals surface area contributed by atoms with Crippen LogP contribution in [-0.2, 0) is 4.79 Å². The number of hydrogen-bond donors (Lipinski definition) is 1. The Morgan fingerprint density at radius 3 is 3.05 bits per heavy atom. The van der Waals surface area contributed by atoms with Crippen molar-refractivity contribution in [2.45, 2.75) is 19.4 Å². The van der Waals surface area contributed by atoms with E-state index >= 15 is 0 Å². The lowest BCUT2D eigenvalue weighted by molar-refractivity contribution is -0.110. The number of amides is 1. The van der Waals surface area contributed by atoms with Gasteiger partial charge in [-0.3, -0.25) is 14.6 Å². The number of carbonyl (C=O) groups is 2. The fourth-order valence-corrected chi connectivity index (χ4v) is 1.55. The van der Waals surface area contributed by atoms with E-state index in [1.165, 1.54) is 0 Å². The van der Waals surface area contributed by atoms with E-state index in [1.54, 1.807) is 31.5 Å². The van der Waals surface area contributed by atoms with E-state index in [0.717, 1.165) is 0 Å². The van der Waals surface area contributed by atoms with Crippen LogP contribution in [0.3, 0.4) is 0 Å². The van der Waals surface area contributed by atoms with E-state index in [0.29, 0.717) is 18.4 Å². The van der Waals surface area contributed by atoms with Gasteiger partial charge in [0.25, 0.3) is 5.89 Å². The third kappa shape index (κ3) is 2.82. The molecular formula is C12H12N4O3. The molecule has 7 nitrogen and oxygen atoms in total. The fourth-order valence-electron chi connectivity index (χ4n) is 1.55. The molecule has 1 unspecified atom stereocenters. The lowest BCUT2D eigenvalue weighted by Crippen LogP contribution is -2.35. The van der Waals surface area contributed by atoms with Gasteiger partial charge in [-0.2, -0.15) is 4.98 Å². The maximum absolute atomic E-state index is 12.0. The van der Waals surface area contributed by atoms with Crippen LogP contribution in [0.4, 0.5) is 0 Å². The quantitative estimate of drug-likeness (QED) is 0.610. The van der Waals surface area contributed by atoms with Crippen molar-refractivity contribution in [3.8, 4) is 11.4 Å². The molecule has 0 fully saturated rings. The first-order chi connectivity index (χ1) is 9.26. The van der Waals surface area contributed by atoms with Crippen molar-refractivity contribution >= 4 is 12.2 Å². The van der Waals surface area contributed by atoms with E-state index in [2.05, 4.69) is 20.4 Å². The number of nitrogens with one attached hydrogen (secondary N) is 1. The second-order valence-electron chi connectivity index (χ2n) is 3.77. The number of ketones is 1. The zero-order chi connectivity index (χ0) is 13.7. The van der Waals surface area contributed by atoms with Gasteiger partial charge >= 0.3 is 0 Å². The highest BCUT2D eigenvalue weighted by molar-refractivity contribution is 5.97. The highest BCUT2D eigenvalue weighted by Gasteiger charge is 2.23. The first-order valence-corrected chi connectivity index (χ1v) is 5.74. The number of hydrogen-bond acceptors (Lipinski definition) is 6. The molecule has 19 heavy (non-hydrogen) atoms. The Hall–Kier alpha value is -2.57. The fraction of sp³-hybridized carbons (Fsp3) is 0.250. The third-order valence-corrected chi connectivity index (χ3v) is 2.55. The van der Waals surface area contributed by atoms with Crippen molar-refractivity contribution in [2.24, 2.45) is 0 Å².